The summed E-state index contributed by atoms with van der Waals surface area (Å²) in [4.78, 5) is 12.6. The molecule has 2 aromatic carbocycles. The SMILES string of the molecule is COc1ccc(OC)c(C(=O)c2cc(Br)ccc2N)c1. The Morgan fingerprint density at radius 2 is 1.80 bits per heavy atom. The van der Waals surface area contributed by atoms with Crippen LogP contribution in [0.5, 0.6) is 11.5 Å². The number of nitrogens with two attached hydrogens (primary N) is 1. The highest BCUT2D eigenvalue weighted by Crippen LogP contribution is 2.29. The Labute approximate surface area is 125 Å². The predicted molar refractivity (Wildman–Crippen MR) is 81.5 cm³/mol. The van der Waals surface area contributed by atoms with Gasteiger partial charge in [0.15, 0.2) is 5.78 Å². The fourth-order valence-electron chi connectivity index (χ4n) is 1.86. The normalized spacial score (nSPS) is 10.2. The van der Waals surface area contributed by atoms with E-state index in [-0.39, 0.29) is 5.78 Å². The van der Waals surface area contributed by atoms with E-state index in [9.17, 15) is 4.79 Å². The summed E-state index contributed by atoms with van der Waals surface area (Å²) in [7, 11) is 3.06. The summed E-state index contributed by atoms with van der Waals surface area (Å²) in [6.07, 6.45) is 0. The highest BCUT2D eigenvalue weighted by Gasteiger charge is 2.18. The molecule has 0 fully saturated rings. The molecule has 0 saturated heterocycles. The summed E-state index contributed by atoms with van der Waals surface area (Å²) in [6, 6.07) is 10.2. The second-order valence-electron chi connectivity index (χ2n) is 4.13. The monoisotopic (exact) mass is 335 g/mol. The van der Waals surface area contributed by atoms with E-state index in [4.69, 9.17) is 15.2 Å². The molecule has 0 aliphatic carbocycles. The lowest BCUT2D eigenvalue weighted by Gasteiger charge is -2.11. The third-order valence-electron chi connectivity index (χ3n) is 2.91. The first-order chi connectivity index (χ1) is 9.56. The van der Waals surface area contributed by atoms with E-state index in [2.05, 4.69) is 15.9 Å². The topological polar surface area (TPSA) is 61.5 Å². The second kappa shape index (κ2) is 5.96. The molecular weight excluding hydrogens is 322 g/mol. The fourth-order valence-corrected chi connectivity index (χ4v) is 2.22. The smallest absolute Gasteiger partial charge is 0.198 e. The van der Waals surface area contributed by atoms with Crippen LogP contribution in [0.15, 0.2) is 40.9 Å². The highest BCUT2D eigenvalue weighted by molar-refractivity contribution is 9.10. The number of ether oxygens (including phenoxy) is 2. The van der Waals surface area contributed by atoms with Gasteiger partial charge in [0.25, 0.3) is 0 Å². The van der Waals surface area contributed by atoms with Gasteiger partial charge in [0.2, 0.25) is 0 Å². The molecule has 2 aromatic rings. The molecule has 0 radical (unpaired) electrons. The van der Waals surface area contributed by atoms with Crippen molar-refractivity contribution in [3.05, 3.63) is 52.0 Å². The van der Waals surface area contributed by atoms with Crippen molar-refractivity contribution in [2.75, 3.05) is 20.0 Å². The number of benzene rings is 2. The molecule has 2 rings (SSSR count). The minimum atomic E-state index is -0.209. The Balaban J connectivity index is 2.54. The molecule has 2 N–H and O–H groups in total. The number of anilines is 1. The Kier molecular flexibility index (Phi) is 4.29. The lowest BCUT2D eigenvalue weighted by molar-refractivity contribution is 0.103. The molecule has 20 heavy (non-hydrogen) atoms. The average Bonchev–Trinajstić information content (AvgIpc) is 2.48. The first kappa shape index (κ1) is 14.4. The van der Waals surface area contributed by atoms with Gasteiger partial charge in [-0.05, 0) is 36.4 Å². The third-order valence-corrected chi connectivity index (χ3v) is 3.40. The molecule has 104 valence electrons. The van der Waals surface area contributed by atoms with Crippen molar-refractivity contribution in [1.29, 1.82) is 0 Å². The first-order valence-corrected chi connectivity index (χ1v) is 6.68. The minimum Gasteiger partial charge on any atom is -0.497 e. The van der Waals surface area contributed by atoms with E-state index in [0.717, 1.165) is 4.47 Å². The number of rotatable bonds is 4. The van der Waals surface area contributed by atoms with Crippen molar-refractivity contribution >= 4 is 27.4 Å². The number of carbonyl (C=O) groups excluding carboxylic acids is 1. The minimum absolute atomic E-state index is 0.209. The number of carbonyl (C=O) groups is 1. The van der Waals surface area contributed by atoms with Crippen molar-refractivity contribution in [3.63, 3.8) is 0 Å². The van der Waals surface area contributed by atoms with Crippen LogP contribution in [0.4, 0.5) is 5.69 Å². The Hall–Kier alpha value is -2.01. The van der Waals surface area contributed by atoms with Crippen LogP contribution in [-0.4, -0.2) is 20.0 Å². The molecule has 0 aromatic heterocycles. The van der Waals surface area contributed by atoms with Gasteiger partial charge in [-0.15, -0.1) is 0 Å². The summed E-state index contributed by atoms with van der Waals surface area (Å²) in [5.41, 5.74) is 7.13. The van der Waals surface area contributed by atoms with E-state index < -0.39 is 0 Å². The molecular formula is C15H14BrNO3. The maximum Gasteiger partial charge on any atom is 0.198 e. The quantitative estimate of drug-likeness (QED) is 0.688. The summed E-state index contributed by atoms with van der Waals surface area (Å²) in [5, 5.41) is 0. The van der Waals surface area contributed by atoms with Crippen LogP contribution < -0.4 is 15.2 Å². The molecule has 0 spiro atoms. The van der Waals surface area contributed by atoms with Crippen LogP contribution in [0.3, 0.4) is 0 Å². The zero-order valence-corrected chi connectivity index (χ0v) is 12.7. The van der Waals surface area contributed by atoms with Crippen molar-refractivity contribution in [2.45, 2.75) is 0 Å². The summed E-state index contributed by atoms with van der Waals surface area (Å²) >= 11 is 3.34. The zero-order valence-electron chi connectivity index (χ0n) is 11.1. The van der Waals surface area contributed by atoms with Gasteiger partial charge in [-0.2, -0.15) is 0 Å². The van der Waals surface area contributed by atoms with Crippen LogP contribution in [-0.2, 0) is 0 Å². The molecule has 5 heteroatoms. The van der Waals surface area contributed by atoms with Gasteiger partial charge in [0.05, 0.1) is 19.8 Å². The van der Waals surface area contributed by atoms with Crippen LogP contribution >= 0.6 is 15.9 Å². The standard InChI is InChI=1S/C15H14BrNO3/c1-19-10-4-6-14(20-2)12(8-10)15(18)11-7-9(16)3-5-13(11)17/h3-8H,17H2,1-2H3. The number of hydrogen-bond donors (Lipinski definition) is 1. The van der Waals surface area contributed by atoms with Crippen molar-refractivity contribution in [2.24, 2.45) is 0 Å². The lowest BCUT2D eigenvalue weighted by Crippen LogP contribution is -2.07. The Morgan fingerprint density at radius 1 is 1.05 bits per heavy atom. The molecule has 4 nitrogen and oxygen atoms in total. The molecule has 0 bridgehead atoms. The second-order valence-corrected chi connectivity index (χ2v) is 5.04. The Morgan fingerprint density at radius 3 is 2.45 bits per heavy atom. The van der Waals surface area contributed by atoms with Gasteiger partial charge < -0.3 is 15.2 Å². The van der Waals surface area contributed by atoms with Crippen molar-refractivity contribution < 1.29 is 14.3 Å². The average molecular weight is 336 g/mol. The fraction of sp³-hybridized carbons (Fsp3) is 0.133. The van der Waals surface area contributed by atoms with E-state index in [1.807, 2.05) is 0 Å². The van der Waals surface area contributed by atoms with Crippen LogP contribution in [0.1, 0.15) is 15.9 Å². The van der Waals surface area contributed by atoms with Crippen molar-refractivity contribution in [1.82, 2.24) is 0 Å². The largest absolute Gasteiger partial charge is 0.497 e. The molecule has 0 saturated carbocycles. The summed E-state index contributed by atoms with van der Waals surface area (Å²) < 4.78 is 11.2. The number of nitrogen functional groups attached to an aromatic ring is 1. The van der Waals surface area contributed by atoms with E-state index >= 15 is 0 Å². The highest BCUT2D eigenvalue weighted by atomic mass is 79.9. The van der Waals surface area contributed by atoms with Gasteiger partial charge in [0.1, 0.15) is 11.5 Å². The number of methoxy groups -OCH3 is 2. The number of hydrogen-bond acceptors (Lipinski definition) is 4. The zero-order chi connectivity index (χ0) is 14.7. The summed E-state index contributed by atoms with van der Waals surface area (Å²) in [6.45, 7) is 0. The molecule has 0 heterocycles. The number of ketones is 1. The van der Waals surface area contributed by atoms with Gasteiger partial charge in [-0.3, -0.25) is 4.79 Å². The van der Waals surface area contributed by atoms with Gasteiger partial charge in [-0.1, -0.05) is 15.9 Å². The van der Waals surface area contributed by atoms with Crippen LogP contribution in [0.2, 0.25) is 0 Å². The van der Waals surface area contributed by atoms with Crippen molar-refractivity contribution in [3.8, 4) is 11.5 Å². The maximum absolute atomic E-state index is 12.6. The first-order valence-electron chi connectivity index (χ1n) is 5.88. The van der Waals surface area contributed by atoms with E-state index in [0.29, 0.717) is 28.3 Å². The predicted octanol–water partition coefficient (Wildman–Crippen LogP) is 3.28. The molecule has 0 unspecified atom stereocenters. The molecule has 0 aliphatic rings. The summed E-state index contributed by atoms with van der Waals surface area (Å²) in [5.74, 6) is 0.859. The molecule has 0 aliphatic heterocycles. The van der Waals surface area contributed by atoms with E-state index in [1.165, 1.54) is 7.11 Å². The third kappa shape index (κ3) is 2.77. The van der Waals surface area contributed by atoms with Gasteiger partial charge in [-0.25, -0.2) is 0 Å². The molecule has 0 atom stereocenters. The van der Waals surface area contributed by atoms with Crippen LogP contribution in [0, 0.1) is 0 Å². The lowest BCUT2D eigenvalue weighted by atomic mass is 10.0. The molecule has 0 amide bonds. The van der Waals surface area contributed by atoms with Crippen LogP contribution in [0.25, 0.3) is 0 Å². The Bertz CT molecular complexity index is 656. The van der Waals surface area contributed by atoms with E-state index in [1.54, 1.807) is 43.5 Å². The number of halogens is 1. The van der Waals surface area contributed by atoms with Gasteiger partial charge in [0, 0.05) is 15.7 Å². The maximum atomic E-state index is 12.6. The van der Waals surface area contributed by atoms with Gasteiger partial charge >= 0.3 is 0 Å².